The van der Waals surface area contributed by atoms with E-state index in [4.69, 9.17) is 8.83 Å². The first-order valence-electron chi connectivity index (χ1n) is 18.2. The second kappa shape index (κ2) is 11.6. The minimum Gasteiger partial charge on any atom is -0.472 e. The van der Waals surface area contributed by atoms with E-state index in [0.29, 0.717) is 0 Å². The topological polar surface area (TPSA) is 26.3 Å². The van der Waals surface area contributed by atoms with Gasteiger partial charge in [-0.1, -0.05) is 140 Å². The molecule has 53 heavy (non-hydrogen) atoms. The maximum absolute atomic E-state index is 6.67. The molecule has 0 spiro atoms. The van der Waals surface area contributed by atoms with Crippen LogP contribution in [0.15, 0.2) is 185 Å². The highest BCUT2D eigenvalue weighted by Gasteiger charge is 2.21. The third-order valence-corrected chi connectivity index (χ3v) is 11.1. The number of benzene rings is 9. The average molecular weight is 677 g/mol. The molecular weight excluding hydrogens is 645 g/mol. The van der Waals surface area contributed by atoms with E-state index in [1.54, 1.807) is 0 Å². The van der Waals surface area contributed by atoms with Crippen LogP contribution in [-0.2, 0) is 0 Å². The van der Waals surface area contributed by atoms with Gasteiger partial charge in [0.25, 0.3) is 0 Å². The van der Waals surface area contributed by atoms with Crippen LogP contribution in [0.5, 0.6) is 0 Å². The summed E-state index contributed by atoms with van der Waals surface area (Å²) in [4.78, 5) is 0. The van der Waals surface area contributed by atoms with Crippen molar-refractivity contribution in [2.45, 2.75) is 6.92 Å². The van der Waals surface area contributed by atoms with E-state index in [2.05, 4.69) is 171 Å². The van der Waals surface area contributed by atoms with Gasteiger partial charge in [0.2, 0.25) is 0 Å². The van der Waals surface area contributed by atoms with Crippen LogP contribution in [0.25, 0.3) is 110 Å². The van der Waals surface area contributed by atoms with Crippen LogP contribution in [0.4, 0.5) is 0 Å². The van der Waals surface area contributed by atoms with Crippen molar-refractivity contribution in [1.82, 2.24) is 0 Å². The van der Waals surface area contributed by atoms with Gasteiger partial charge in [0.05, 0.1) is 12.5 Å². The second-order valence-electron chi connectivity index (χ2n) is 14.0. The van der Waals surface area contributed by atoms with Crippen LogP contribution in [0.2, 0.25) is 0 Å². The maximum Gasteiger partial charge on any atom is 0.136 e. The molecule has 11 rings (SSSR count). The summed E-state index contributed by atoms with van der Waals surface area (Å²) in [6.07, 6.45) is 3.71. The Morgan fingerprint density at radius 1 is 0.321 bits per heavy atom. The molecule has 0 bridgehead atoms. The molecule has 0 amide bonds. The number of fused-ring (bicyclic) bond motifs is 7. The van der Waals surface area contributed by atoms with E-state index in [1.807, 2.05) is 12.5 Å². The zero-order valence-corrected chi connectivity index (χ0v) is 29.1. The quantitative estimate of drug-likeness (QED) is 0.173. The molecular formula is C51H32O2. The van der Waals surface area contributed by atoms with Crippen molar-refractivity contribution < 1.29 is 8.83 Å². The molecule has 2 nitrogen and oxygen atoms in total. The SMILES string of the molecule is Cc1cocc1-c1c2ccccc2c(-c2ccc3oc4cc(-c5c6ccccc6c(-c6ccccc6)c6ccccc56)ccc4c3c2)c2ccccc12. The molecule has 0 N–H and O–H groups in total. The van der Waals surface area contributed by atoms with E-state index >= 15 is 0 Å². The van der Waals surface area contributed by atoms with Crippen LogP contribution in [0.1, 0.15) is 5.56 Å². The van der Waals surface area contributed by atoms with Gasteiger partial charge in [-0.2, -0.15) is 0 Å². The lowest BCUT2D eigenvalue weighted by Crippen LogP contribution is -1.91. The van der Waals surface area contributed by atoms with Crippen LogP contribution < -0.4 is 0 Å². The van der Waals surface area contributed by atoms with Crippen LogP contribution in [-0.4, -0.2) is 0 Å². The summed E-state index contributed by atoms with van der Waals surface area (Å²) in [5, 5.41) is 12.0. The van der Waals surface area contributed by atoms with E-state index in [-0.39, 0.29) is 0 Å². The summed E-state index contributed by atoms with van der Waals surface area (Å²) in [5.74, 6) is 0. The molecule has 248 valence electrons. The Balaban J connectivity index is 1.13. The van der Waals surface area contributed by atoms with Crippen molar-refractivity contribution in [3.05, 3.63) is 182 Å². The smallest absolute Gasteiger partial charge is 0.136 e. The fourth-order valence-corrected chi connectivity index (χ4v) is 8.79. The Morgan fingerprint density at radius 3 is 1.28 bits per heavy atom. The van der Waals surface area contributed by atoms with Gasteiger partial charge in [-0.15, -0.1) is 0 Å². The molecule has 0 atom stereocenters. The lowest BCUT2D eigenvalue weighted by Gasteiger charge is -2.17. The van der Waals surface area contributed by atoms with Gasteiger partial charge in [0, 0.05) is 21.9 Å². The minimum atomic E-state index is 0.884. The number of rotatable bonds is 4. The summed E-state index contributed by atoms with van der Waals surface area (Å²) in [7, 11) is 0. The lowest BCUT2D eigenvalue weighted by molar-refractivity contribution is 0.566. The Bertz CT molecular complexity index is 3120. The highest BCUT2D eigenvalue weighted by atomic mass is 16.3. The molecule has 0 aliphatic rings. The molecule has 2 aromatic heterocycles. The van der Waals surface area contributed by atoms with E-state index in [0.717, 1.165) is 38.6 Å². The molecule has 0 radical (unpaired) electrons. The Kier molecular flexibility index (Phi) is 6.50. The first kappa shape index (κ1) is 29.8. The predicted molar refractivity (Wildman–Crippen MR) is 222 cm³/mol. The van der Waals surface area contributed by atoms with Gasteiger partial charge in [0.1, 0.15) is 11.2 Å². The molecule has 0 fully saturated rings. The van der Waals surface area contributed by atoms with E-state index < -0.39 is 0 Å². The molecule has 2 heterocycles. The van der Waals surface area contributed by atoms with Gasteiger partial charge in [0.15, 0.2) is 0 Å². The Morgan fingerprint density at radius 2 is 0.774 bits per heavy atom. The van der Waals surface area contributed by atoms with Gasteiger partial charge >= 0.3 is 0 Å². The molecule has 0 saturated heterocycles. The van der Waals surface area contributed by atoms with Crippen LogP contribution >= 0.6 is 0 Å². The van der Waals surface area contributed by atoms with Crippen LogP contribution in [0, 0.1) is 6.92 Å². The highest BCUT2D eigenvalue weighted by Crippen LogP contribution is 2.47. The number of hydrogen-bond acceptors (Lipinski definition) is 2. The largest absolute Gasteiger partial charge is 0.472 e. The van der Waals surface area contributed by atoms with Crippen molar-refractivity contribution in [2.75, 3.05) is 0 Å². The van der Waals surface area contributed by atoms with Crippen LogP contribution in [0.3, 0.4) is 0 Å². The summed E-state index contributed by atoms with van der Waals surface area (Å²) >= 11 is 0. The van der Waals surface area contributed by atoms with Crippen molar-refractivity contribution in [3.8, 4) is 44.5 Å². The molecule has 11 aromatic rings. The normalized spacial score (nSPS) is 11.9. The standard InChI is InChI=1S/C51H32O2/c1-31-29-52-30-45(31)51-42-21-11-9-19-40(42)49(41-20-10-12-22-43(41)51)33-24-26-46-44(27-33)35-25-23-34(28-47(35)53-46)50-38-17-7-5-15-36(38)48(32-13-3-2-4-14-32)37-16-6-8-18-39(37)50/h2-30H,1H3. The predicted octanol–water partition coefficient (Wildman–Crippen LogP) is 14.8. The summed E-state index contributed by atoms with van der Waals surface area (Å²) in [5.41, 5.74) is 12.5. The van der Waals surface area contributed by atoms with Crippen molar-refractivity contribution in [1.29, 1.82) is 0 Å². The fourth-order valence-electron chi connectivity index (χ4n) is 8.79. The van der Waals surface area contributed by atoms with Crippen molar-refractivity contribution >= 4 is 65.0 Å². The molecule has 0 unspecified atom stereocenters. The first-order valence-corrected chi connectivity index (χ1v) is 18.2. The molecule has 2 heteroatoms. The Labute approximate surface area is 306 Å². The second-order valence-corrected chi connectivity index (χ2v) is 14.0. The van der Waals surface area contributed by atoms with Gasteiger partial charge in [-0.05, 0) is 113 Å². The molecule has 0 saturated carbocycles. The first-order chi connectivity index (χ1) is 26.2. The highest BCUT2D eigenvalue weighted by molar-refractivity contribution is 6.24. The van der Waals surface area contributed by atoms with Crippen molar-refractivity contribution in [2.24, 2.45) is 0 Å². The summed E-state index contributed by atoms with van der Waals surface area (Å²) in [6.45, 7) is 2.12. The lowest BCUT2D eigenvalue weighted by atomic mass is 9.85. The third kappa shape index (κ3) is 4.46. The van der Waals surface area contributed by atoms with Gasteiger partial charge in [-0.3, -0.25) is 0 Å². The molecule has 9 aromatic carbocycles. The molecule has 0 aliphatic carbocycles. The summed E-state index contributed by atoms with van der Waals surface area (Å²) in [6, 6.07) is 59.3. The zero-order valence-electron chi connectivity index (χ0n) is 29.1. The van der Waals surface area contributed by atoms with Gasteiger partial charge < -0.3 is 8.83 Å². The van der Waals surface area contributed by atoms with Crippen molar-refractivity contribution in [3.63, 3.8) is 0 Å². The monoisotopic (exact) mass is 676 g/mol. The number of furan rings is 2. The van der Waals surface area contributed by atoms with E-state index in [9.17, 15) is 0 Å². The minimum absolute atomic E-state index is 0.884. The fraction of sp³-hybridized carbons (Fsp3) is 0.0196. The number of hydrogen-bond donors (Lipinski definition) is 0. The number of aryl methyl sites for hydroxylation is 1. The average Bonchev–Trinajstić information content (AvgIpc) is 3.81. The summed E-state index contributed by atoms with van der Waals surface area (Å²) < 4.78 is 12.4. The Hall–Kier alpha value is -6.90. The zero-order chi connectivity index (χ0) is 35.0. The van der Waals surface area contributed by atoms with Gasteiger partial charge in [-0.25, -0.2) is 0 Å². The maximum atomic E-state index is 6.67. The molecule has 0 aliphatic heterocycles. The third-order valence-electron chi connectivity index (χ3n) is 11.1. The van der Waals surface area contributed by atoms with E-state index in [1.165, 1.54) is 76.5 Å².